The summed E-state index contributed by atoms with van der Waals surface area (Å²) in [5.41, 5.74) is 1.86. The molecule has 1 aromatic heterocycles. The van der Waals surface area contributed by atoms with Gasteiger partial charge in [0.2, 0.25) is 0 Å². The first-order chi connectivity index (χ1) is 9.70. The van der Waals surface area contributed by atoms with E-state index in [4.69, 9.17) is 0 Å². The number of hydrogen-bond acceptors (Lipinski definition) is 4. The fraction of sp³-hybridized carbons (Fsp3) is 0.143. The zero-order chi connectivity index (χ0) is 14.4. The SMILES string of the molecule is COC(=O)Nc1ccccc1C(=O)NCc1ccsc1. The summed E-state index contributed by atoms with van der Waals surface area (Å²) >= 11 is 1.58. The van der Waals surface area contributed by atoms with E-state index >= 15 is 0 Å². The summed E-state index contributed by atoms with van der Waals surface area (Å²) in [7, 11) is 1.27. The average molecular weight is 290 g/mol. The molecule has 0 aliphatic carbocycles. The number of ether oxygens (including phenoxy) is 1. The summed E-state index contributed by atoms with van der Waals surface area (Å²) < 4.78 is 4.53. The van der Waals surface area contributed by atoms with Crippen LogP contribution >= 0.6 is 11.3 Å². The maximum Gasteiger partial charge on any atom is 0.411 e. The van der Waals surface area contributed by atoms with E-state index < -0.39 is 6.09 Å². The van der Waals surface area contributed by atoms with Crippen molar-refractivity contribution < 1.29 is 14.3 Å². The fourth-order valence-corrected chi connectivity index (χ4v) is 2.29. The highest BCUT2D eigenvalue weighted by Crippen LogP contribution is 2.15. The highest BCUT2D eigenvalue weighted by molar-refractivity contribution is 7.07. The number of nitrogens with one attached hydrogen (secondary N) is 2. The molecule has 6 heteroatoms. The predicted molar refractivity (Wildman–Crippen MR) is 78.0 cm³/mol. The topological polar surface area (TPSA) is 67.4 Å². The summed E-state index contributed by atoms with van der Waals surface area (Å²) in [6.45, 7) is 0.453. The Balaban J connectivity index is 2.07. The number of anilines is 1. The van der Waals surface area contributed by atoms with Crippen LogP contribution in [0.25, 0.3) is 0 Å². The molecule has 2 rings (SSSR count). The van der Waals surface area contributed by atoms with Gasteiger partial charge < -0.3 is 10.1 Å². The monoisotopic (exact) mass is 290 g/mol. The molecule has 0 saturated heterocycles. The summed E-state index contributed by atoms with van der Waals surface area (Å²) in [5.74, 6) is -0.247. The van der Waals surface area contributed by atoms with E-state index in [9.17, 15) is 9.59 Å². The quantitative estimate of drug-likeness (QED) is 0.910. The van der Waals surface area contributed by atoms with Crippen LogP contribution in [0, 0.1) is 0 Å². The highest BCUT2D eigenvalue weighted by Gasteiger charge is 2.12. The zero-order valence-electron chi connectivity index (χ0n) is 10.9. The van der Waals surface area contributed by atoms with Crippen LogP contribution in [0.15, 0.2) is 41.1 Å². The third-order valence-electron chi connectivity index (χ3n) is 2.63. The van der Waals surface area contributed by atoms with Gasteiger partial charge in [-0.2, -0.15) is 11.3 Å². The van der Waals surface area contributed by atoms with Crippen LogP contribution in [0.2, 0.25) is 0 Å². The van der Waals surface area contributed by atoms with Crippen molar-refractivity contribution in [2.24, 2.45) is 0 Å². The Kier molecular flexibility index (Phi) is 4.73. The predicted octanol–water partition coefficient (Wildman–Crippen LogP) is 2.86. The Labute approximate surface area is 120 Å². The number of carbonyl (C=O) groups excluding carboxylic acids is 2. The van der Waals surface area contributed by atoms with E-state index in [0.29, 0.717) is 17.8 Å². The first kappa shape index (κ1) is 14.1. The molecule has 0 radical (unpaired) electrons. The fourth-order valence-electron chi connectivity index (χ4n) is 1.62. The van der Waals surface area contributed by atoms with Crippen LogP contribution < -0.4 is 10.6 Å². The Morgan fingerprint density at radius 2 is 2.05 bits per heavy atom. The number of amides is 2. The van der Waals surface area contributed by atoms with Crippen LogP contribution in [-0.2, 0) is 11.3 Å². The molecule has 5 nitrogen and oxygen atoms in total. The molecular weight excluding hydrogens is 276 g/mol. The third-order valence-corrected chi connectivity index (χ3v) is 3.36. The Bertz CT molecular complexity index is 596. The minimum absolute atomic E-state index is 0.247. The Hall–Kier alpha value is -2.34. The molecule has 0 bridgehead atoms. The van der Waals surface area contributed by atoms with Crippen LogP contribution in [0.4, 0.5) is 10.5 Å². The average Bonchev–Trinajstić information content (AvgIpc) is 2.98. The molecule has 0 atom stereocenters. The summed E-state index contributed by atoms with van der Waals surface area (Å²) in [6, 6.07) is 8.72. The van der Waals surface area contributed by atoms with Gasteiger partial charge in [0.15, 0.2) is 0 Å². The molecule has 1 aromatic carbocycles. The summed E-state index contributed by atoms with van der Waals surface area (Å²) in [4.78, 5) is 23.4. The lowest BCUT2D eigenvalue weighted by atomic mass is 10.1. The number of hydrogen-bond donors (Lipinski definition) is 2. The van der Waals surface area contributed by atoms with E-state index in [2.05, 4.69) is 15.4 Å². The number of thiophene rings is 1. The van der Waals surface area contributed by atoms with E-state index in [1.165, 1.54) is 7.11 Å². The molecular formula is C14H14N2O3S. The van der Waals surface area contributed by atoms with Crippen molar-refractivity contribution in [3.05, 3.63) is 52.2 Å². The van der Waals surface area contributed by atoms with Gasteiger partial charge in [-0.05, 0) is 34.5 Å². The van der Waals surface area contributed by atoms with Crippen molar-refractivity contribution in [3.63, 3.8) is 0 Å². The number of methoxy groups -OCH3 is 1. The second-order valence-electron chi connectivity index (χ2n) is 3.98. The number of rotatable bonds is 4. The molecule has 104 valence electrons. The first-order valence-electron chi connectivity index (χ1n) is 5.94. The van der Waals surface area contributed by atoms with Crippen LogP contribution in [-0.4, -0.2) is 19.1 Å². The standard InChI is InChI=1S/C14H14N2O3S/c1-19-14(18)16-12-5-3-2-4-11(12)13(17)15-8-10-6-7-20-9-10/h2-7,9H,8H2,1H3,(H,15,17)(H,16,18). The normalized spacial score (nSPS) is 9.85. The van der Waals surface area contributed by atoms with Gasteiger partial charge in [0.25, 0.3) is 5.91 Å². The van der Waals surface area contributed by atoms with E-state index in [-0.39, 0.29) is 5.91 Å². The first-order valence-corrected chi connectivity index (χ1v) is 6.88. The molecule has 1 heterocycles. The van der Waals surface area contributed by atoms with Crippen molar-refractivity contribution in [2.45, 2.75) is 6.54 Å². The van der Waals surface area contributed by atoms with Crippen molar-refractivity contribution in [1.29, 1.82) is 0 Å². The second-order valence-corrected chi connectivity index (χ2v) is 4.76. The minimum atomic E-state index is -0.608. The molecule has 2 N–H and O–H groups in total. The van der Waals surface area contributed by atoms with Crippen LogP contribution in [0.3, 0.4) is 0 Å². The van der Waals surface area contributed by atoms with Gasteiger partial charge in [-0.25, -0.2) is 4.79 Å². The Morgan fingerprint density at radius 1 is 1.25 bits per heavy atom. The van der Waals surface area contributed by atoms with Crippen LogP contribution in [0.1, 0.15) is 15.9 Å². The van der Waals surface area contributed by atoms with Gasteiger partial charge in [0.1, 0.15) is 0 Å². The molecule has 0 aliphatic rings. The molecule has 20 heavy (non-hydrogen) atoms. The molecule has 2 aromatic rings. The molecule has 0 aliphatic heterocycles. The number of para-hydroxylation sites is 1. The zero-order valence-corrected chi connectivity index (χ0v) is 11.7. The van der Waals surface area contributed by atoms with Crippen molar-refractivity contribution in [1.82, 2.24) is 5.32 Å². The van der Waals surface area contributed by atoms with Gasteiger partial charge in [0, 0.05) is 6.54 Å². The number of carbonyl (C=O) groups is 2. The molecule has 0 saturated carbocycles. The molecule has 0 unspecified atom stereocenters. The summed E-state index contributed by atoms with van der Waals surface area (Å²) in [6.07, 6.45) is -0.608. The number of benzene rings is 1. The van der Waals surface area contributed by atoms with Crippen LogP contribution in [0.5, 0.6) is 0 Å². The third kappa shape index (κ3) is 3.58. The lowest BCUT2D eigenvalue weighted by molar-refractivity contribution is 0.0952. The second kappa shape index (κ2) is 6.72. The largest absolute Gasteiger partial charge is 0.453 e. The van der Waals surface area contributed by atoms with Gasteiger partial charge >= 0.3 is 6.09 Å². The maximum atomic E-state index is 12.1. The van der Waals surface area contributed by atoms with Crippen molar-refractivity contribution in [2.75, 3.05) is 12.4 Å². The molecule has 0 spiro atoms. The van der Waals surface area contributed by atoms with Gasteiger partial charge in [-0.3, -0.25) is 10.1 Å². The van der Waals surface area contributed by atoms with Gasteiger partial charge in [-0.1, -0.05) is 12.1 Å². The highest BCUT2D eigenvalue weighted by atomic mass is 32.1. The van der Waals surface area contributed by atoms with E-state index in [1.54, 1.807) is 35.6 Å². The minimum Gasteiger partial charge on any atom is -0.453 e. The molecule has 0 fully saturated rings. The molecule has 2 amide bonds. The van der Waals surface area contributed by atoms with Gasteiger partial charge in [0.05, 0.1) is 18.4 Å². The maximum absolute atomic E-state index is 12.1. The van der Waals surface area contributed by atoms with E-state index in [1.807, 2.05) is 16.8 Å². The van der Waals surface area contributed by atoms with Crippen molar-refractivity contribution >= 4 is 29.0 Å². The van der Waals surface area contributed by atoms with E-state index in [0.717, 1.165) is 5.56 Å². The smallest absolute Gasteiger partial charge is 0.411 e. The Morgan fingerprint density at radius 3 is 2.75 bits per heavy atom. The lowest BCUT2D eigenvalue weighted by Crippen LogP contribution is -2.24. The summed E-state index contributed by atoms with van der Waals surface area (Å²) in [5, 5.41) is 9.25. The lowest BCUT2D eigenvalue weighted by Gasteiger charge is -2.10. The van der Waals surface area contributed by atoms with Crippen molar-refractivity contribution in [3.8, 4) is 0 Å². The van der Waals surface area contributed by atoms with Gasteiger partial charge in [-0.15, -0.1) is 0 Å².